The molecule has 1 saturated carbocycles. The third kappa shape index (κ3) is 2.76. The number of hydrogen-bond donors (Lipinski definition) is 2. The molecule has 1 rings (SSSR count). The molecular formula is C10H21NO. The standard InChI is InChI=1S/C10H21NO/c1-3-9(12)7-11-8-10(2)5-4-6-10/h9,11-12H,3-8H2,1-2H3. The second-order valence-electron chi connectivity index (χ2n) is 4.36. The Morgan fingerprint density at radius 3 is 2.58 bits per heavy atom. The number of aliphatic hydroxyl groups excluding tert-OH is 1. The zero-order valence-corrected chi connectivity index (χ0v) is 8.27. The summed E-state index contributed by atoms with van der Waals surface area (Å²) >= 11 is 0. The molecule has 0 aromatic rings. The van der Waals surface area contributed by atoms with Gasteiger partial charge < -0.3 is 10.4 Å². The fourth-order valence-electron chi connectivity index (χ4n) is 1.64. The third-order valence-electron chi connectivity index (χ3n) is 2.96. The summed E-state index contributed by atoms with van der Waals surface area (Å²) in [6.07, 6.45) is 4.77. The molecule has 0 aliphatic heterocycles. The first-order valence-corrected chi connectivity index (χ1v) is 5.05. The number of hydrogen-bond acceptors (Lipinski definition) is 2. The Morgan fingerprint density at radius 2 is 2.17 bits per heavy atom. The van der Waals surface area contributed by atoms with Gasteiger partial charge in [-0.25, -0.2) is 0 Å². The maximum Gasteiger partial charge on any atom is 0.0662 e. The van der Waals surface area contributed by atoms with Gasteiger partial charge in [0.1, 0.15) is 0 Å². The molecule has 2 nitrogen and oxygen atoms in total. The molecule has 2 N–H and O–H groups in total. The smallest absolute Gasteiger partial charge is 0.0662 e. The molecule has 1 aliphatic carbocycles. The topological polar surface area (TPSA) is 32.3 Å². The lowest BCUT2D eigenvalue weighted by atomic mass is 9.70. The monoisotopic (exact) mass is 171 g/mol. The second kappa shape index (κ2) is 4.24. The van der Waals surface area contributed by atoms with Gasteiger partial charge in [-0.1, -0.05) is 20.3 Å². The Labute approximate surface area is 75.4 Å². The van der Waals surface area contributed by atoms with Crippen molar-refractivity contribution in [3.05, 3.63) is 0 Å². The van der Waals surface area contributed by atoms with Crippen LogP contribution in [0.4, 0.5) is 0 Å². The van der Waals surface area contributed by atoms with Gasteiger partial charge in [0.05, 0.1) is 6.10 Å². The predicted octanol–water partition coefficient (Wildman–Crippen LogP) is 1.54. The summed E-state index contributed by atoms with van der Waals surface area (Å²) < 4.78 is 0. The highest BCUT2D eigenvalue weighted by atomic mass is 16.3. The van der Waals surface area contributed by atoms with Gasteiger partial charge >= 0.3 is 0 Å². The summed E-state index contributed by atoms with van der Waals surface area (Å²) in [6.45, 7) is 6.16. The molecular weight excluding hydrogens is 150 g/mol. The first-order valence-electron chi connectivity index (χ1n) is 5.05. The van der Waals surface area contributed by atoms with Crippen molar-refractivity contribution in [2.24, 2.45) is 5.41 Å². The minimum Gasteiger partial charge on any atom is -0.392 e. The highest BCUT2D eigenvalue weighted by molar-refractivity contribution is 4.85. The SMILES string of the molecule is CCC(O)CNCC1(C)CCC1. The van der Waals surface area contributed by atoms with Crippen molar-refractivity contribution >= 4 is 0 Å². The molecule has 72 valence electrons. The highest BCUT2D eigenvalue weighted by Gasteiger charge is 2.30. The average Bonchev–Trinajstić information content (AvgIpc) is 2.01. The van der Waals surface area contributed by atoms with Crippen LogP contribution in [-0.2, 0) is 0 Å². The van der Waals surface area contributed by atoms with Crippen molar-refractivity contribution in [2.75, 3.05) is 13.1 Å². The van der Waals surface area contributed by atoms with Gasteiger partial charge in [-0.3, -0.25) is 0 Å². The van der Waals surface area contributed by atoms with E-state index >= 15 is 0 Å². The molecule has 12 heavy (non-hydrogen) atoms. The van der Waals surface area contributed by atoms with Gasteiger partial charge in [0, 0.05) is 13.1 Å². The molecule has 1 fully saturated rings. The first-order chi connectivity index (χ1) is 5.66. The summed E-state index contributed by atoms with van der Waals surface area (Å²) in [5.41, 5.74) is 0.535. The van der Waals surface area contributed by atoms with E-state index in [0.717, 1.165) is 19.5 Å². The fraction of sp³-hybridized carbons (Fsp3) is 1.00. The fourth-order valence-corrected chi connectivity index (χ4v) is 1.64. The molecule has 0 amide bonds. The summed E-state index contributed by atoms with van der Waals surface area (Å²) in [4.78, 5) is 0. The van der Waals surface area contributed by atoms with Crippen molar-refractivity contribution in [3.8, 4) is 0 Å². The predicted molar refractivity (Wildman–Crippen MR) is 51.1 cm³/mol. The van der Waals surface area contributed by atoms with Crippen molar-refractivity contribution in [3.63, 3.8) is 0 Å². The number of aliphatic hydroxyl groups is 1. The van der Waals surface area contributed by atoms with E-state index < -0.39 is 0 Å². The van der Waals surface area contributed by atoms with E-state index in [-0.39, 0.29) is 6.10 Å². The zero-order chi connectivity index (χ0) is 9.03. The molecule has 0 aromatic carbocycles. The highest BCUT2D eigenvalue weighted by Crippen LogP contribution is 2.39. The van der Waals surface area contributed by atoms with Crippen molar-refractivity contribution < 1.29 is 5.11 Å². The van der Waals surface area contributed by atoms with Crippen LogP contribution in [0.2, 0.25) is 0 Å². The zero-order valence-electron chi connectivity index (χ0n) is 8.27. The van der Waals surface area contributed by atoms with E-state index in [1.165, 1.54) is 19.3 Å². The molecule has 1 unspecified atom stereocenters. The lowest BCUT2D eigenvalue weighted by Gasteiger charge is -2.38. The minimum absolute atomic E-state index is 0.159. The van der Waals surface area contributed by atoms with Gasteiger partial charge in [-0.05, 0) is 24.7 Å². The van der Waals surface area contributed by atoms with Crippen LogP contribution in [0.3, 0.4) is 0 Å². The van der Waals surface area contributed by atoms with E-state index in [0.29, 0.717) is 5.41 Å². The Hall–Kier alpha value is -0.0800. The van der Waals surface area contributed by atoms with Crippen LogP contribution < -0.4 is 5.32 Å². The molecule has 0 saturated heterocycles. The Kier molecular flexibility index (Phi) is 3.53. The van der Waals surface area contributed by atoms with E-state index in [9.17, 15) is 5.11 Å². The van der Waals surface area contributed by atoms with Gasteiger partial charge in [0.25, 0.3) is 0 Å². The van der Waals surface area contributed by atoms with Gasteiger partial charge in [-0.2, -0.15) is 0 Å². The minimum atomic E-state index is -0.159. The van der Waals surface area contributed by atoms with Gasteiger partial charge in [-0.15, -0.1) is 0 Å². The Morgan fingerprint density at radius 1 is 1.50 bits per heavy atom. The number of rotatable bonds is 5. The molecule has 1 aliphatic rings. The summed E-state index contributed by atoms with van der Waals surface area (Å²) in [5, 5.41) is 12.6. The normalized spacial score (nSPS) is 23.2. The maximum absolute atomic E-state index is 9.28. The molecule has 1 atom stereocenters. The average molecular weight is 171 g/mol. The van der Waals surface area contributed by atoms with Crippen LogP contribution in [0.25, 0.3) is 0 Å². The Balaban J connectivity index is 2.01. The van der Waals surface area contributed by atoms with Gasteiger partial charge in [0.15, 0.2) is 0 Å². The third-order valence-corrected chi connectivity index (χ3v) is 2.96. The van der Waals surface area contributed by atoms with Crippen LogP contribution in [0.5, 0.6) is 0 Å². The summed E-state index contributed by atoms with van der Waals surface area (Å²) in [6, 6.07) is 0. The maximum atomic E-state index is 9.28. The van der Waals surface area contributed by atoms with E-state index in [1.807, 2.05) is 6.92 Å². The molecule has 0 heterocycles. The summed E-state index contributed by atoms with van der Waals surface area (Å²) in [7, 11) is 0. The molecule has 2 heteroatoms. The van der Waals surface area contributed by atoms with E-state index in [1.54, 1.807) is 0 Å². The van der Waals surface area contributed by atoms with Crippen LogP contribution in [0, 0.1) is 5.41 Å². The first kappa shape index (κ1) is 10.0. The second-order valence-corrected chi connectivity index (χ2v) is 4.36. The van der Waals surface area contributed by atoms with Crippen molar-refractivity contribution in [1.82, 2.24) is 5.32 Å². The lowest BCUT2D eigenvalue weighted by molar-refractivity contribution is 0.130. The van der Waals surface area contributed by atoms with Crippen LogP contribution in [0.1, 0.15) is 39.5 Å². The number of nitrogens with one attached hydrogen (secondary N) is 1. The van der Waals surface area contributed by atoms with Crippen molar-refractivity contribution in [2.45, 2.75) is 45.6 Å². The van der Waals surface area contributed by atoms with E-state index in [4.69, 9.17) is 0 Å². The lowest BCUT2D eigenvalue weighted by Crippen LogP contribution is -2.39. The van der Waals surface area contributed by atoms with Crippen molar-refractivity contribution in [1.29, 1.82) is 0 Å². The summed E-state index contributed by atoms with van der Waals surface area (Å²) in [5.74, 6) is 0. The molecule has 0 bridgehead atoms. The van der Waals surface area contributed by atoms with Crippen LogP contribution >= 0.6 is 0 Å². The van der Waals surface area contributed by atoms with E-state index in [2.05, 4.69) is 12.2 Å². The quantitative estimate of drug-likeness (QED) is 0.657. The largest absolute Gasteiger partial charge is 0.392 e. The van der Waals surface area contributed by atoms with Crippen LogP contribution in [-0.4, -0.2) is 24.3 Å². The molecule has 0 radical (unpaired) electrons. The molecule has 0 aromatic heterocycles. The molecule has 0 spiro atoms. The Bertz CT molecular complexity index is 132. The van der Waals surface area contributed by atoms with Crippen LogP contribution in [0.15, 0.2) is 0 Å². The van der Waals surface area contributed by atoms with Gasteiger partial charge in [0.2, 0.25) is 0 Å².